The second kappa shape index (κ2) is 8.76. The molecule has 170 valence electrons. The zero-order chi connectivity index (χ0) is 22.2. The highest BCUT2D eigenvalue weighted by atomic mass is 32.2. The van der Waals surface area contributed by atoms with Gasteiger partial charge in [-0.25, -0.2) is 8.42 Å². The monoisotopic (exact) mass is 451 g/mol. The van der Waals surface area contributed by atoms with Crippen LogP contribution in [-0.4, -0.2) is 81.0 Å². The molecule has 0 saturated carbocycles. The summed E-state index contributed by atoms with van der Waals surface area (Å²) in [5, 5.41) is 0. The zero-order valence-electron chi connectivity index (χ0n) is 18.0. The van der Waals surface area contributed by atoms with Gasteiger partial charge in [-0.15, -0.1) is 0 Å². The topological polar surface area (TPSA) is 96.5 Å². The number of benzene rings is 1. The number of hydrogen-bond donors (Lipinski definition) is 0. The van der Waals surface area contributed by atoms with Gasteiger partial charge >= 0.3 is 0 Å². The van der Waals surface area contributed by atoms with Gasteiger partial charge in [0, 0.05) is 25.2 Å². The van der Waals surface area contributed by atoms with Crippen molar-refractivity contribution in [3.63, 3.8) is 0 Å². The van der Waals surface area contributed by atoms with Crippen LogP contribution in [0.3, 0.4) is 0 Å². The molecule has 9 nitrogen and oxygen atoms in total. The van der Waals surface area contributed by atoms with Crippen molar-refractivity contribution in [3.05, 3.63) is 18.2 Å². The molecule has 2 amide bonds. The highest BCUT2D eigenvalue weighted by Gasteiger charge is 2.35. The Kier molecular flexibility index (Phi) is 6.23. The van der Waals surface area contributed by atoms with Crippen molar-refractivity contribution < 1.29 is 27.5 Å². The van der Waals surface area contributed by atoms with Gasteiger partial charge in [-0.2, -0.15) is 4.31 Å². The van der Waals surface area contributed by atoms with Gasteiger partial charge in [-0.3, -0.25) is 14.5 Å². The number of amides is 2. The van der Waals surface area contributed by atoms with E-state index in [1.165, 1.54) is 21.3 Å². The van der Waals surface area contributed by atoms with Crippen LogP contribution in [0, 0.1) is 0 Å². The normalized spacial score (nSPS) is 25.2. The summed E-state index contributed by atoms with van der Waals surface area (Å²) < 4.78 is 38.3. The molecule has 10 heteroatoms. The quantitative estimate of drug-likeness (QED) is 0.683. The molecule has 0 N–H and O–H groups in total. The smallest absolute Gasteiger partial charge is 0.265 e. The van der Waals surface area contributed by atoms with Gasteiger partial charge in [0.2, 0.25) is 15.9 Å². The van der Waals surface area contributed by atoms with E-state index in [1.54, 1.807) is 6.07 Å². The lowest BCUT2D eigenvalue weighted by atomic mass is 9.97. The maximum absolute atomic E-state index is 13.1. The second-order valence-corrected chi connectivity index (χ2v) is 10.3. The standard InChI is InChI=1S/C21H29N3O6S/c1-15-4-3-5-16(2)24(15)20(25)13-23-18-12-17(6-7-19(18)30-14-21(23)26)31(27,28)22-8-10-29-11-9-22/h6-7,12,15-16H,3-5,8-11,13-14H2,1-2H3/t15-,16-/m0/s1. The minimum Gasteiger partial charge on any atom is -0.482 e. The molecule has 4 rings (SSSR count). The summed E-state index contributed by atoms with van der Waals surface area (Å²) in [7, 11) is -3.74. The molecule has 2 fully saturated rings. The molecular formula is C21H29N3O6S. The number of piperidine rings is 1. The minimum absolute atomic E-state index is 0.0728. The first kappa shape index (κ1) is 22.0. The van der Waals surface area contributed by atoms with Gasteiger partial charge in [-0.05, 0) is 51.3 Å². The van der Waals surface area contributed by atoms with E-state index in [0.29, 0.717) is 24.7 Å². The zero-order valence-corrected chi connectivity index (χ0v) is 18.8. The van der Waals surface area contributed by atoms with E-state index in [1.807, 2.05) is 18.7 Å². The van der Waals surface area contributed by atoms with Gasteiger partial charge < -0.3 is 14.4 Å². The summed E-state index contributed by atoms with van der Waals surface area (Å²) in [5.41, 5.74) is 0.316. The molecule has 0 spiro atoms. The number of nitrogens with zero attached hydrogens (tertiary/aromatic N) is 3. The number of carbonyl (C=O) groups is 2. The van der Waals surface area contributed by atoms with Crippen LogP contribution in [0.1, 0.15) is 33.1 Å². The summed E-state index contributed by atoms with van der Waals surface area (Å²) in [6, 6.07) is 4.69. The third kappa shape index (κ3) is 4.28. The average Bonchev–Trinajstić information content (AvgIpc) is 2.76. The molecule has 1 aromatic rings. The molecule has 3 heterocycles. The fourth-order valence-electron chi connectivity index (χ4n) is 4.58. The molecule has 2 atom stereocenters. The summed E-state index contributed by atoms with van der Waals surface area (Å²) >= 11 is 0. The molecule has 0 aliphatic carbocycles. The van der Waals surface area contributed by atoms with Crippen LogP contribution in [0.25, 0.3) is 0 Å². The average molecular weight is 452 g/mol. The van der Waals surface area contributed by atoms with Crippen LogP contribution in [0.2, 0.25) is 0 Å². The molecule has 3 aliphatic heterocycles. The Morgan fingerprint density at radius 1 is 1.13 bits per heavy atom. The fraction of sp³-hybridized carbons (Fsp3) is 0.619. The van der Waals surface area contributed by atoms with Crippen LogP contribution in [0.4, 0.5) is 5.69 Å². The Labute approximate surface area is 182 Å². The predicted octanol–water partition coefficient (Wildman–Crippen LogP) is 1.22. The van der Waals surface area contributed by atoms with Crippen molar-refractivity contribution in [3.8, 4) is 5.75 Å². The summed E-state index contributed by atoms with van der Waals surface area (Å²) in [5.74, 6) is -0.102. The lowest BCUT2D eigenvalue weighted by Crippen LogP contribution is -2.53. The fourth-order valence-corrected chi connectivity index (χ4v) is 6.01. The van der Waals surface area contributed by atoms with Crippen LogP contribution >= 0.6 is 0 Å². The molecule has 0 aromatic heterocycles. The van der Waals surface area contributed by atoms with E-state index in [-0.39, 0.29) is 55.0 Å². The van der Waals surface area contributed by atoms with Crippen LogP contribution in [0.5, 0.6) is 5.75 Å². The van der Waals surface area contributed by atoms with Crippen LogP contribution in [-0.2, 0) is 24.3 Å². The van der Waals surface area contributed by atoms with Crippen molar-refractivity contribution in [2.45, 2.75) is 50.1 Å². The Hall–Kier alpha value is -2.17. The number of ether oxygens (including phenoxy) is 2. The maximum atomic E-state index is 13.1. The van der Waals surface area contributed by atoms with E-state index in [0.717, 1.165) is 19.3 Å². The SMILES string of the molecule is C[C@H]1CCC[C@H](C)N1C(=O)CN1C(=O)COc2ccc(S(=O)(=O)N3CCOCC3)cc21. The van der Waals surface area contributed by atoms with Gasteiger partial charge in [0.15, 0.2) is 6.61 Å². The molecule has 31 heavy (non-hydrogen) atoms. The summed E-state index contributed by atoms with van der Waals surface area (Å²) in [6.45, 7) is 4.98. The third-order valence-electron chi connectivity index (χ3n) is 6.26. The van der Waals surface area contributed by atoms with Crippen molar-refractivity contribution in [2.24, 2.45) is 0 Å². The van der Waals surface area contributed by atoms with Crippen molar-refractivity contribution >= 4 is 27.5 Å². The first-order chi connectivity index (χ1) is 14.8. The highest BCUT2D eigenvalue weighted by molar-refractivity contribution is 7.89. The van der Waals surface area contributed by atoms with Crippen molar-refractivity contribution in [2.75, 3.05) is 44.4 Å². The highest BCUT2D eigenvalue weighted by Crippen LogP contribution is 2.35. The lowest BCUT2D eigenvalue weighted by molar-refractivity contribution is -0.137. The number of morpholine rings is 1. The van der Waals surface area contributed by atoms with E-state index in [2.05, 4.69) is 0 Å². The lowest BCUT2D eigenvalue weighted by Gasteiger charge is -2.40. The second-order valence-electron chi connectivity index (χ2n) is 8.34. The number of hydrogen-bond acceptors (Lipinski definition) is 6. The molecule has 0 radical (unpaired) electrons. The first-order valence-electron chi connectivity index (χ1n) is 10.8. The third-order valence-corrected chi connectivity index (χ3v) is 8.15. The van der Waals surface area contributed by atoms with Crippen molar-refractivity contribution in [1.29, 1.82) is 0 Å². The number of likely N-dealkylation sites (tertiary alicyclic amines) is 1. The van der Waals surface area contributed by atoms with E-state index in [9.17, 15) is 18.0 Å². The van der Waals surface area contributed by atoms with Gasteiger partial charge in [-0.1, -0.05) is 0 Å². The molecule has 3 aliphatic rings. The number of sulfonamides is 1. The number of rotatable bonds is 4. The molecular weight excluding hydrogens is 422 g/mol. The van der Waals surface area contributed by atoms with E-state index < -0.39 is 10.0 Å². The number of anilines is 1. The van der Waals surface area contributed by atoms with Crippen LogP contribution < -0.4 is 9.64 Å². The van der Waals surface area contributed by atoms with Gasteiger partial charge in [0.05, 0.1) is 23.8 Å². The Balaban J connectivity index is 1.62. The maximum Gasteiger partial charge on any atom is 0.265 e. The Bertz CT molecular complexity index is 950. The predicted molar refractivity (Wildman–Crippen MR) is 113 cm³/mol. The van der Waals surface area contributed by atoms with Gasteiger partial charge in [0.1, 0.15) is 12.3 Å². The molecule has 0 unspecified atom stereocenters. The van der Waals surface area contributed by atoms with Gasteiger partial charge in [0.25, 0.3) is 5.91 Å². The first-order valence-corrected chi connectivity index (χ1v) is 12.2. The van der Waals surface area contributed by atoms with E-state index >= 15 is 0 Å². The number of fused-ring (bicyclic) bond motifs is 1. The minimum atomic E-state index is -3.74. The molecule has 2 saturated heterocycles. The summed E-state index contributed by atoms with van der Waals surface area (Å²) in [6.07, 6.45) is 2.95. The number of carbonyl (C=O) groups excluding carboxylic acids is 2. The van der Waals surface area contributed by atoms with Crippen LogP contribution in [0.15, 0.2) is 23.1 Å². The largest absolute Gasteiger partial charge is 0.482 e. The van der Waals surface area contributed by atoms with Crippen molar-refractivity contribution in [1.82, 2.24) is 9.21 Å². The van der Waals surface area contributed by atoms with E-state index in [4.69, 9.17) is 9.47 Å². The Morgan fingerprint density at radius 2 is 1.81 bits per heavy atom. The molecule has 1 aromatic carbocycles. The summed E-state index contributed by atoms with van der Waals surface area (Å²) in [4.78, 5) is 29.1. The Morgan fingerprint density at radius 3 is 2.48 bits per heavy atom. The molecule has 0 bridgehead atoms.